The van der Waals surface area contributed by atoms with Crippen molar-refractivity contribution in [1.82, 2.24) is 19.9 Å². The number of benzene rings is 1. The largest absolute Gasteiger partial charge is 0.351 e. The monoisotopic (exact) mass is 525 g/mol. The van der Waals surface area contributed by atoms with Crippen LogP contribution in [0.4, 0.5) is 5.95 Å². The lowest BCUT2D eigenvalue weighted by molar-refractivity contribution is 0.221. The molecule has 0 unspecified atom stereocenters. The Morgan fingerprint density at radius 2 is 1.72 bits per heavy atom. The Labute approximate surface area is 218 Å². The van der Waals surface area contributed by atoms with E-state index < -0.39 is 9.84 Å². The van der Waals surface area contributed by atoms with Gasteiger partial charge in [0.1, 0.15) is 0 Å². The van der Waals surface area contributed by atoms with E-state index >= 15 is 0 Å². The van der Waals surface area contributed by atoms with E-state index in [-0.39, 0.29) is 15.7 Å². The van der Waals surface area contributed by atoms with Crippen LogP contribution < -0.4 is 5.32 Å². The first-order chi connectivity index (χ1) is 17.2. The van der Waals surface area contributed by atoms with Crippen molar-refractivity contribution in [3.63, 3.8) is 0 Å². The first-order valence-corrected chi connectivity index (χ1v) is 14.1. The van der Waals surface area contributed by atoms with Gasteiger partial charge in [-0.15, -0.1) is 0 Å². The molecule has 1 aliphatic rings. The number of rotatable bonds is 8. The first-order valence-electron chi connectivity index (χ1n) is 12.1. The molecule has 1 fully saturated rings. The van der Waals surface area contributed by atoms with Crippen LogP contribution in [0.5, 0.6) is 0 Å². The fourth-order valence-electron chi connectivity index (χ4n) is 4.45. The number of halogens is 1. The minimum atomic E-state index is -3.59. The predicted octanol–water partition coefficient (Wildman–Crippen LogP) is 5.26. The molecule has 7 nitrogen and oxygen atoms in total. The number of pyridine rings is 1. The average Bonchev–Trinajstić information content (AvgIpc) is 2.85. The van der Waals surface area contributed by atoms with Crippen molar-refractivity contribution in [2.24, 2.45) is 0 Å². The van der Waals surface area contributed by atoms with Gasteiger partial charge in [0.2, 0.25) is 5.95 Å². The number of anilines is 1. The third kappa shape index (κ3) is 6.69. The van der Waals surface area contributed by atoms with Gasteiger partial charge in [-0.3, -0.25) is 4.98 Å². The number of hydrogen-bond acceptors (Lipinski definition) is 7. The summed E-state index contributed by atoms with van der Waals surface area (Å²) in [6, 6.07) is 11.1. The minimum Gasteiger partial charge on any atom is -0.351 e. The summed E-state index contributed by atoms with van der Waals surface area (Å²) in [4.78, 5) is 15.9. The molecular weight excluding hydrogens is 494 g/mol. The van der Waals surface area contributed by atoms with Crippen LogP contribution in [0.15, 0.2) is 53.7 Å². The summed E-state index contributed by atoms with van der Waals surface area (Å²) in [6.07, 6.45) is 12.1. The highest BCUT2D eigenvalue weighted by Gasteiger charge is 2.23. The fraction of sp³-hybridized carbons (Fsp3) is 0.370. The number of sulfone groups is 1. The van der Waals surface area contributed by atoms with Crippen molar-refractivity contribution >= 4 is 39.5 Å². The van der Waals surface area contributed by atoms with Crippen LogP contribution in [0.1, 0.15) is 48.2 Å². The molecule has 4 rings (SSSR count). The molecule has 0 atom stereocenters. The van der Waals surface area contributed by atoms with Crippen LogP contribution in [0.25, 0.3) is 12.2 Å². The summed E-state index contributed by atoms with van der Waals surface area (Å²) < 4.78 is 25.5. The van der Waals surface area contributed by atoms with E-state index in [1.54, 1.807) is 36.7 Å². The molecule has 190 valence electrons. The standard InChI is InChI=1S/C27H32ClN5O2S/c1-19-21(10-11-23(31-19)18-36(34,35)26-7-5-4-6-25(26)28)9-8-20-16-29-27(30-17-20)32-22-12-14-24(15-13-22)33(2)3/h4-11,16-17,22,24H,12-15,18H2,1-3H3,(H,29,30,32)/b9-8+. The molecule has 2 heterocycles. The number of nitrogens with one attached hydrogen (secondary N) is 1. The van der Waals surface area contributed by atoms with Crippen LogP contribution in [-0.4, -0.2) is 54.4 Å². The molecule has 9 heteroatoms. The van der Waals surface area contributed by atoms with E-state index in [4.69, 9.17) is 11.6 Å². The third-order valence-electron chi connectivity index (χ3n) is 6.58. The molecule has 1 aromatic carbocycles. The summed E-state index contributed by atoms with van der Waals surface area (Å²) in [5, 5.41) is 3.67. The van der Waals surface area contributed by atoms with Crippen molar-refractivity contribution in [3.8, 4) is 0 Å². The highest BCUT2D eigenvalue weighted by molar-refractivity contribution is 7.90. The van der Waals surface area contributed by atoms with E-state index in [1.165, 1.54) is 18.9 Å². The van der Waals surface area contributed by atoms with Crippen molar-refractivity contribution in [3.05, 3.63) is 76.3 Å². The van der Waals surface area contributed by atoms with Gasteiger partial charge in [0, 0.05) is 35.7 Å². The van der Waals surface area contributed by atoms with Gasteiger partial charge in [0.25, 0.3) is 0 Å². The molecule has 0 bridgehead atoms. The van der Waals surface area contributed by atoms with Gasteiger partial charge in [-0.05, 0) is 70.5 Å². The van der Waals surface area contributed by atoms with E-state index in [0.717, 1.165) is 29.7 Å². The quantitative estimate of drug-likeness (QED) is 0.429. The van der Waals surface area contributed by atoms with Gasteiger partial charge in [0.15, 0.2) is 9.84 Å². The summed E-state index contributed by atoms with van der Waals surface area (Å²) in [6.45, 7) is 1.86. The lowest BCUT2D eigenvalue weighted by Crippen LogP contribution is -2.36. The fourth-order valence-corrected chi connectivity index (χ4v) is 6.30. The average molecular weight is 526 g/mol. The van der Waals surface area contributed by atoms with Crippen molar-refractivity contribution in [2.45, 2.75) is 55.3 Å². The number of aryl methyl sites for hydroxylation is 1. The van der Waals surface area contributed by atoms with Gasteiger partial charge < -0.3 is 10.2 Å². The van der Waals surface area contributed by atoms with Crippen LogP contribution in [-0.2, 0) is 15.6 Å². The highest BCUT2D eigenvalue weighted by atomic mass is 35.5. The van der Waals surface area contributed by atoms with Crippen LogP contribution in [0, 0.1) is 6.92 Å². The molecule has 36 heavy (non-hydrogen) atoms. The zero-order valence-electron chi connectivity index (χ0n) is 20.9. The maximum Gasteiger partial charge on any atom is 0.222 e. The second-order valence-electron chi connectivity index (χ2n) is 9.45. The third-order valence-corrected chi connectivity index (χ3v) is 8.72. The summed E-state index contributed by atoms with van der Waals surface area (Å²) in [7, 11) is 0.703. The van der Waals surface area contributed by atoms with Crippen LogP contribution in [0.3, 0.4) is 0 Å². The number of aromatic nitrogens is 3. The smallest absolute Gasteiger partial charge is 0.222 e. The number of nitrogens with zero attached hydrogens (tertiary/aromatic N) is 4. The normalized spacial score (nSPS) is 18.6. The van der Waals surface area contributed by atoms with Gasteiger partial charge >= 0.3 is 0 Å². The topological polar surface area (TPSA) is 88.1 Å². The molecule has 1 aliphatic carbocycles. The van der Waals surface area contributed by atoms with E-state index in [9.17, 15) is 8.42 Å². The van der Waals surface area contributed by atoms with Crippen molar-refractivity contribution < 1.29 is 8.42 Å². The minimum absolute atomic E-state index is 0.120. The molecule has 3 aromatic rings. The predicted molar refractivity (Wildman–Crippen MR) is 146 cm³/mol. The zero-order chi connectivity index (χ0) is 25.7. The summed E-state index contributed by atoms with van der Waals surface area (Å²) >= 11 is 6.08. The molecule has 0 saturated heterocycles. The lowest BCUT2D eigenvalue weighted by atomic mass is 9.91. The molecule has 2 aromatic heterocycles. The van der Waals surface area contributed by atoms with E-state index in [0.29, 0.717) is 23.7 Å². The Bertz CT molecular complexity index is 1320. The van der Waals surface area contributed by atoms with Crippen LogP contribution >= 0.6 is 11.6 Å². The van der Waals surface area contributed by atoms with Gasteiger partial charge in [-0.1, -0.05) is 42.0 Å². The Kier molecular flexibility index (Phi) is 8.39. The maximum absolute atomic E-state index is 12.8. The Hall–Kier alpha value is -2.81. The van der Waals surface area contributed by atoms with Crippen LogP contribution in [0.2, 0.25) is 5.02 Å². The SMILES string of the molecule is Cc1nc(CS(=O)(=O)c2ccccc2Cl)ccc1/C=C/c1cnc(NC2CCC(N(C)C)CC2)nc1. The Morgan fingerprint density at radius 3 is 2.36 bits per heavy atom. The summed E-state index contributed by atoms with van der Waals surface area (Å²) in [5.41, 5.74) is 2.99. The lowest BCUT2D eigenvalue weighted by Gasteiger charge is -2.32. The van der Waals surface area contributed by atoms with Crippen molar-refractivity contribution in [2.75, 3.05) is 19.4 Å². The molecule has 0 spiro atoms. The van der Waals surface area contributed by atoms with E-state index in [2.05, 4.69) is 39.3 Å². The molecule has 0 amide bonds. The molecule has 1 saturated carbocycles. The molecular formula is C27H32ClN5O2S. The Morgan fingerprint density at radius 1 is 1.03 bits per heavy atom. The maximum atomic E-state index is 12.8. The van der Waals surface area contributed by atoms with Crippen molar-refractivity contribution in [1.29, 1.82) is 0 Å². The first kappa shape index (κ1) is 26.3. The molecule has 1 N–H and O–H groups in total. The summed E-state index contributed by atoms with van der Waals surface area (Å²) in [5.74, 6) is 0.447. The van der Waals surface area contributed by atoms with Gasteiger partial charge in [-0.25, -0.2) is 18.4 Å². The van der Waals surface area contributed by atoms with Gasteiger partial charge in [-0.2, -0.15) is 0 Å². The molecule has 0 aliphatic heterocycles. The highest BCUT2D eigenvalue weighted by Crippen LogP contribution is 2.25. The number of hydrogen-bond donors (Lipinski definition) is 1. The van der Waals surface area contributed by atoms with Gasteiger partial charge in [0.05, 0.1) is 21.4 Å². The zero-order valence-corrected chi connectivity index (χ0v) is 22.4. The second kappa shape index (κ2) is 11.5. The molecule has 0 radical (unpaired) electrons. The Balaban J connectivity index is 1.36. The van der Waals surface area contributed by atoms with E-state index in [1.807, 2.05) is 25.1 Å². The second-order valence-corrected chi connectivity index (χ2v) is 11.8.